The van der Waals surface area contributed by atoms with Crippen LogP contribution in [-0.2, 0) is 4.79 Å². The number of aryl methyl sites for hydroxylation is 1. The molecule has 182 valence electrons. The zero-order valence-corrected chi connectivity index (χ0v) is 20.5. The Labute approximate surface area is 201 Å². The van der Waals surface area contributed by atoms with Gasteiger partial charge in [0.25, 0.3) is 11.8 Å². The van der Waals surface area contributed by atoms with Crippen molar-refractivity contribution in [2.24, 2.45) is 5.92 Å². The summed E-state index contributed by atoms with van der Waals surface area (Å²) in [6.07, 6.45) is 2.06. The van der Waals surface area contributed by atoms with E-state index in [1.165, 1.54) is 0 Å². The summed E-state index contributed by atoms with van der Waals surface area (Å²) in [5.41, 5.74) is 2.17. The Kier molecular flexibility index (Phi) is 8.68. The van der Waals surface area contributed by atoms with Gasteiger partial charge in [-0.15, -0.1) is 0 Å². The van der Waals surface area contributed by atoms with Gasteiger partial charge >= 0.3 is 0 Å². The lowest BCUT2D eigenvalue weighted by Gasteiger charge is -2.36. The Balaban J connectivity index is 1.70. The van der Waals surface area contributed by atoms with E-state index in [1.54, 1.807) is 48.4 Å². The highest BCUT2D eigenvalue weighted by Crippen LogP contribution is 2.24. The second kappa shape index (κ2) is 11.7. The summed E-state index contributed by atoms with van der Waals surface area (Å²) in [6.45, 7) is 6.97. The van der Waals surface area contributed by atoms with Gasteiger partial charge in [0.05, 0.1) is 7.11 Å². The van der Waals surface area contributed by atoms with Crippen LogP contribution in [-0.4, -0.2) is 54.9 Å². The zero-order chi connectivity index (χ0) is 24.7. The van der Waals surface area contributed by atoms with Crippen LogP contribution in [0.5, 0.6) is 5.75 Å². The van der Waals surface area contributed by atoms with Gasteiger partial charge in [0.15, 0.2) is 0 Å². The summed E-state index contributed by atoms with van der Waals surface area (Å²) < 4.78 is 5.23. The molecule has 2 atom stereocenters. The van der Waals surface area contributed by atoms with Crippen LogP contribution in [0.25, 0.3) is 0 Å². The smallest absolute Gasteiger partial charge is 0.253 e. The van der Waals surface area contributed by atoms with Crippen LogP contribution >= 0.6 is 0 Å². The second-order valence-electron chi connectivity index (χ2n) is 9.00. The first-order valence-corrected chi connectivity index (χ1v) is 11.9. The highest BCUT2D eigenvalue weighted by atomic mass is 16.5. The SMILES string of the molecule is CCC(C)NC(=O)C(NC(=O)c1ccc(C)cc1)C1CCN(C(=O)c2cccc(OC)c2)CC1. The van der Waals surface area contributed by atoms with Crippen molar-refractivity contribution in [2.75, 3.05) is 20.2 Å². The van der Waals surface area contributed by atoms with Crippen molar-refractivity contribution in [1.82, 2.24) is 15.5 Å². The molecule has 7 heteroatoms. The first kappa shape index (κ1) is 25.3. The monoisotopic (exact) mass is 465 g/mol. The van der Waals surface area contributed by atoms with Crippen LogP contribution in [0.3, 0.4) is 0 Å². The molecule has 1 aliphatic heterocycles. The molecular formula is C27H35N3O4. The Morgan fingerprint density at radius 1 is 1.03 bits per heavy atom. The summed E-state index contributed by atoms with van der Waals surface area (Å²) in [7, 11) is 1.57. The number of nitrogens with zero attached hydrogens (tertiary/aromatic N) is 1. The molecule has 34 heavy (non-hydrogen) atoms. The standard InChI is InChI=1S/C27H35N3O4/c1-5-19(3)28-26(32)24(29-25(31)21-11-9-18(2)10-12-21)20-13-15-30(16-14-20)27(33)22-7-6-8-23(17-22)34-4/h6-12,17,19-20,24H,5,13-16H2,1-4H3,(H,28,32)(H,29,31). The van der Waals surface area contributed by atoms with E-state index in [4.69, 9.17) is 4.74 Å². The zero-order valence-electron chi connectivity index (χ0n) is 20.5. The fourth-order valence-electron chi connectivity index (χ4n) is 4.14. The normalized spacial score (nSPS) is 15.8. The Morgan fingerprint density at radius 2 is 1.71 bits per heavy atom. The maximum Gasteiger partial charge on any atom is 0.253 e. The summed E-state index contributed by atoms with van der Waals surface area (Å²) in [5.74, 6) is 0.0855. The number of carbonyl (C=O) groups excluding carboxylic acids is 3. The van der Waals surface area contributed by atoms with E-state index >= 15 is 0 Å². The third kappa shape index (κ3) is 6.37. The lowest BCUT2D eigenvalue weighted by Crippen LogP contribution is -2.55. The van der Waals surface area contributed by atoms with Crippen LogP contribution in [0.1, 0.15) is 59.4 Å². The van der Waals surface area contributed by atoms with E-state index in [0.717, 1.165) is 12.0 Å². The van der Waals surface area contributed by atoms with Gasteiger partial charge in [-0.3, -0.25) is 14.4 Å². The number of rotatable bonds is 8. The van der Waals surface area contributed by atoms with Gasteiger partial charge in [-0.05, 0) is 69.4 Å². The molecule has 2 aromatic carbocycles. The lowest BCUT2D eigenvalue weighted by molar-refractivity contribution is -0.125. The highest BCUT2D eigenvalue weighted by Gasteiger charge is 2.34. The Bertz CT molecular complexity index is 997. The fourth-order valence-corrected chi connectivity index (χ4v) is 4.14. The first-order valence-electron chi connectivity index (χ1n) is 11.9. The molecule has 0 radical (unpaired) electrons. The van der Waals surface area contributed by atoms with Crippen molar-refractivity contribution in [3.8, 4) is 5.75 Å². The maximum atomic E-state index is 13.1. The van der Waals surface area contributed by atoms with Crippen LogP contribution in [0.4, 0.5) is 0 Å². The van der Waals surface area contributed by atoms with E-state index in [2.05, 4.69) is 10.6 Å². The van der Waals surface area contributed by atoms with Crippen molar-refractivity contribution >= 4 is 17.7 Å². The van der Waals surface area contributed by atoms with E-state index in [0.29, 0.717) is 42.8 Å². The fraction of sp³-hybridized carbons (Fsp3) is 0.444. The molecule has 2 aromatic rings. The molecule has 1 fully saturated rings. The number of nitrogens with one attached hydrogen (secondary N) is 2. The average molecular weight is 466 g/mol. The molecule has 3 amide bonds. The molecule has 7 nitrogen and oxygen atoms in total. The molecule has 3 rings (SSSR count). The topological polar surface area (TPSA) is 87.7 Å². The van der Waals surface area contributed by atoms with E-state index in [1.807, 2.05) is 32.9 Å². The molecule has 2 unspecified atom stereocenters. The Morgan fingerprint density at radius 3 is 2.32 bits per heavy atom. The van der Waals surface area contributed by atoms with Crippen molar-refractivity contribution in [3.63, 3.8) is 0 Å². The number of benzene rings is 2. The van der Waals surface area contributed by atoms with Gasteiger partial charge in [-0.2, -0.15) is 0 Å². The van der Waals surface area contributed by atoms with Crippen LogP contribution in [0.15, 0.2) is 48.5 Å². The molecule has 0 spiro atoms. The molecule has 1 aliphatic rings. The van der Waals surface area contributed by atoms with Crippen molar-refractivity contribution in [1.29, 1.82) is 0 Å². The largest absolute Gasteiger partial charge is 0.497 e. The number of hydrogen-bond donors (Lipinski definition) is 2. The quantitative estimate of drug-likeness (QED) is 0.624. The van der Waals surface area contributed by atoms with Crippen molar-refractivity contribution < 1.29 is 19.1 Å². The molecule has 0 aromatic heterocycles. The minimum Gasteiger partial charge on any atom is -0.497 e. The predicted molar refractivity (Wildman–Crippen MR) is 132 cm³/mol. The molecule has 2 N–H and O–H groups in total. The van der Waals surface area contributed by atoms with Gasteiger partial charge in [0.1, 0.15) is 11.8 Å². The first-order chi connectivity index (χ1) is 16.3. The molecule has 1 heterocycles. The summed E-state index contributed by atoms with van der Waals surface area (Å²) in [6, 6.07) is 13.8. The number of amides is 3. The lowest BCUT2D eigenvalue weighted by atomic mass is 9.88. The number of ether oxygens (including phenoxy) is 1. The number of likely N-dealkylation sites (tertiary alicyclic amines) is 1. The van der Waals surface area contributed by atoms with E-state index in [9.17, 15) is 14.4 Å². The van der Waals surface area contributed by atoms with Gasteiger partial charge in [0, 0.05) is 30.3 Å². The summed E-state index contributed by atoms with van der Waals surface area (Å²) >= 11 is 0. The predicted octanol–water partition coefficient (Wildman–Crippen LogP) is 3.57. The van der Waals surface area contributed by atoms with E-state index in [-0.39, 0.29) is 29.7 Å². The number of piperidine rings is 1. The van der Waals surface area contributed by atoms with Crippen LogP contribution in [0.2, 0.25) is 0 Å². The highest BCUT2D eigenvalue weighted by molar-refractivity contribution is 5.98. The molecule has 0 aliphatic carbocycles. The van der Waals surface area contributed by atoms with Gasteiger partial charge in [-0.25, -0.2) is 0 Å². The van der Waals surface area contributed by atoms with Crippen LogP contribution < -0.4 is 15.4 Å². The third-order valence-electron chi connectivity index (χ3n) is 6.50. The third-order valence-corrected chi connectivity index (χ3v) is 6.50. The number of methoxy groups -OCH3 is 1. The summed E-state index contributed by atoms with van der Waals surface area (Å²) in [4.78, 5) is 40.8. The second-order valence-corrected chi connectivity index (χ2v) is 9.00. The van der Waals surface area contributed by atoms with Gasteiger partial charge < -0.3 is 20.3 Å². The average Bonchev–Trinajstić information content (AvgIpc) is 2.87. The Hall–Kier alpha value is -3.35. The maximum absolute atomic E-state index is 13.1. The van der Waals surface area contributed by atoms with Crippen molar-refractivity contribution in [2.45, 2.75) is 52.1 Å². The van der Waals surface area contributed by atoms with E-state index < -0.39 is 6.04 Å². The number of hydrogen-bond acceptors (Lipinski definition) is 4. The van der Waals surface area contributed by atoms with Crippen LogP contribution in [0, 0.1) is 12.8 Å². The van der Waals surface area contributed by atoms with Gasteiger partial charge in [0.2, 0.25) is 5.91 Å². The molecule has 0 bridgehead atoms. The minimum absolute atomic E-state index is 0.0148. The van der Waals surface area contributed by atoms with Gasteiger partial charge in [-0.1, -0.05) is 30.7 Å². The minimum atomic E-state index is -0.656. The summed E-state index contributed by atoms with van der Waals surface area (Å²) in [5, 5.41) is 5.99. The molecule has 1 saturated heterocycles. The molecular weight excluding hydrogens is 430 g/mol. The van der Waals surface area contributed by atoms with Crippen molar-refractivity contribution in [3.05, 3.63) is 65.2 Å². The number of carbonyl (C=O) groups is 3. The molecule has 0 saturated carbocycles.